The number of hydrogen-bond donors (Lipinski definition) is 2. The number of rotatable bonds is 6. The Morgan fingerprint density at radius 1 is 1.14 bits per heavy atom. The molecule has 0 radical (unpaired) electrons. The van der Waals surface area contributed by atoms with Gasteiger partial charge >= 0.3 is 0 Å². The lowest BCUT2D eigenvalue weighted by atomic mass is 9.81. The van der Waals surface area contributed by atoms with Crippen molar-refractivity contribution >= 4 is 23.1 Å². The molecule has 2 heterocycles. The second kappa shape index (κ2) is 7.75. The fourth-order valence-corrected chi connectivity index (χ4v) is 3.21. The number of fused-ring (bicyclic) bond motifs is 1. The van der Waals surface area contributed by atoms with E-state index in [1.165, 1.54) is 12.1 Å². The summed E-state index contributed by atoms with van der Waals surface area (Å²) in [5.74, 6) is -0.355. The van der Waals surface area contributed by atoms with Crippen molar-refractivity contribution < 1.29 is 14.0 Å². The van der Waals surface area contributed by atoms with Gasteiger partial charge in [0, 0.05) is 30.6 Å². The summed E-state index contributed by atoms with van der Waals surface area (Å²) < 4.78 is 14.6. The third-order valence-corrected chi connectivity index (χ3v) is 4.54. The standard InChI is InChI=1S/C20H22FN5O2/c1-20(2,11-17(28)22-3)18-15-8-9-23-12-26(15)25-19(18)24-16(27)10-13-4-6-14(21)7-5-13/h4-9,12H,10-11H2,1-3H3,(H,22,28)(H,24,25,27). The van der Waals surface area contributed by atoms with Crippen molar-refractivity contribution in [1.29, 1.82) is 0 Å². The number of anilines is 1. The van der Waals surface area contributed by atoms with Crippen LogP contribution in [0.4, 0.5) is 10.2 Å². The van der Waals surface area contributed by atoms with Gasteiger partial charge < -0.3 is 10.6 Å². The van der Waals surface area contributed by atoms with Crippen LogP contribution in [-0.4, -0.2) is 33.5 Å². The molecule has 0 saturated heterocycles. The molecule has 3 rings (SSSR count). The Morgan fingerprint density at radius 2 is 1.86 bits per heavy atom. The van der Waals surface area contributed by atoms with Crippen LogP contribution in [0.3, 0.4) is 0 Å². The van der Waals surface area contributed by atoms with Gasteiger partial charge in [0.25, 0.3) is 0 Å². The molecule has 0 atom stereocenters. The van der Waals surface area contributed by atoms with Gasteiger partial charge in [-0.1, -0.05) is 26.0 Å². The van der Waals surface area contributed by atoms with E-state index >= 15 is 0 Å². The summed E-state index contributed by atoms with van der Waals surface area (Å²) in [6.07, 6.45) is 3.50. The molecule has 28 heavy (non-hydrogen) atoms. The highest BCUT2D eigenvalue weighted by atomic mass is 19.1. The van der Waals surface area contributed by atoms with Gasteiger partial charge in [0.1, 0.15) is 12.1 Å². The minimum Gasteiger partial charge on any atom is -0.359 e. The number of carbonyl (C=O) groups excluding carboxylic acids is 2. The summed E-state index contributed by atoms with van der Waals surface area (Å²) in [5.41, 5.74) is 1.63. The van der Waals surface area contributed by atoms with Gasteiger partial charge in [0.2, 0.25) is 11.8 Å². The molecule has 0 fully saturated rings. The van der Waals surface area contributed by atoms with E-state index in [4.69, 9.17) is 0 Å². The number of nitrogens with zero attached hydrogens (tertiary/aromatic N) is 3. The van der Waals surface area contributed by atoms with Gasteiger partial charge in [-0.15, -0.1) is 5.10 Å². The number of aromatic nitrogens is 3. The molecule has 146 valence electrons. The maximum atomic E-state index is 13.1. The van der Waals surface area contributed by atoms with Crippen molar-refractivity contribution in [2.75, 3.05) is 12.4 Å². The van der Waals surface area contributed by atoms with Crippen LogP contribution in [0.2, 0.25) is 0 Å². The summed E-state index contributed by atoms with van der Waals surface area (Å²) in [7, 11) is 1.59. The van der Waals surface area contributed by atoms with E-state index in [0.29, 0.717) is 11.4 Å². The zero-order chi connectivity index (χ0) is 20.3. The quantitative estimate of drug-likeness (QED) is 0.684. The Morgan fingerprint density at radius 3 is 2.54 bits per heavy atom. The van der Waals surface area contributed by atoms with Gasteiger partial charge in [-0.2, -0.15) is 0 Å². The summed E-state index contributed by atoms with van der Waals surface area (Å²) >= 11 is 0. The number of halogens is 1. The van der Waals surface area contributed by atoms with Crippen molar-refractivity contribution in [3.8, 4) is 0 Å². The fraction of sp³-hybridized carbons (Fsp3) is 0.300. The monoisotopic (exact) mass is 383 g/mol. The molecule has 0 aliphatic heterocycles. The molecule has 3 aromatic rings. The lowest BCUT2D eigenvalue weighted by Gasteiger charge is -2.24. The highest BCUT2D eigenvalue weighted by Crippen LogP contribution is 2.36. The van der Waals surface area contributed by atoms with Crippen LogP contribution < -0.4 is 10.6 Å². The van der Waals surface area contributed by atoms with Crippen LogP contribution in [-0.2, 0) is 21.4 Å². The van der Waals surface area contributed by atoms with Gasteiger partial charge in [0.15, 0.2) is 5.82 Å². The molecule has 8 heteroatoms. The first-order valence-electron chi connectivity index (χ1n) is 8.88. The smallest absolute Gasteiger partial charge is 0.230 e. The first-order valence-corrected chi connectivity index (χ1v) is 8.88. The molecule has 2 amide bonds. The van der Waals surface area contributed by atoms with Gasteiger partial charge in [0.05, 0.1) is 11.9 Å². The van der Waals surface area contributed by atoms with Crippen LogP contribution in [0.5, 0.6) is 0 Å². The van der Waals surface area contributed by atoms with Crippen molar-refractivity contribution in [3.63, 3.8) is 0 Å². The molecular formula is C20H22FN5O2. The van der Waals surface area contributed by atoms with E-state index in [1.54, 1.807) is 42.3 Å². The van der Waals surface area contributed by atoms with E-state index in [-0.39, 0.29) is 30.5 Å². The van der Waals surface area contributed by atoms with Crippen molar-refractivity contribution in [2.45, 2.75) is 32.1 Å². The van der Waals surface area contributed by atoms with Crippen LogP contribution in [0.1, 0.15) is 31.4 Å². The molecule has 0 aliphatic carbocycles. The predicted octanol–water partition coefficient (Wildman–Crippen LogP) is 2.46. The van der Waals surface area contributed by atoms with E-state index in [9.17, 15) is 14.0 Å². The zero-order valence-electron chi connectivity index (χ0n) is 16.0. The lowest BCUT2D eigenvalue weighted by molar-refractivity contribution is -0.121. The normalized spacial score (nSPS) is 11.4. The Kier molecular flexibility index (Phi) is 5.39. The molecule has 7 nitrogen and oxygen atoms in total. The number of hydrogen-bond acceptors (Lipinski definition) is 4. The predicted molar refractivity (Wildman–Crippen MR) is 103 cm³/mol. The molecule has 2 N–H and O–H groups in total. The zero-order valence-corrected chi connectivity index (χ0v) is 16.0. The molecule has 0 aliphatic rings. The van der Waals surface area contributed by atoms with Crippen LogP contribution >= 0.6 is 0 Å². The lowest BCUT2D eigenvalue weighted by Crippen LogP contribution is -2.29. The largest absolute Gasteiger partial charge is 0.359 e. The molecule has 0 saturated carbocycles. The highest BCUT2D eigenvalue weighted by Gasteiger charge is 2.31. The van der Waals surface area contributed by atoms with Crippen LogP contribution in [0, 0.1) is 5.82 Å². The maximum Gasteiger partial charge on any atom is 0.230 e. The third kappa shape index (κ3) is 4.16. The average molecular weight is 383 g/mol. The van der Waals surface area contributed by atoms with Crippen molar-refractivity contribution in [1.82, 2.24) is 19.9 Å². The van der Waals surface area contributed by atoms with Crippen molar-refractivity contribution in [3.05, 3.63) is 59.8 Å². The van der Waals surface area contributed by atoms with E-state index in [1.807, 2.05) is 13.8 Å². The molecule has 1 aromatic carbocycles. The number of nitrogens with one attached hydrogen (secondary N) is 2. The molecule has 0 bridgehead atoms. The van der Waals surface area contributed by atoms with Gasteiger partial charge in [-0.3, -0.25) is 9.59 Å². The minimum atomic E-state index is -0.582. The third-order valence-electron chi connectivity index (χ3n) is 4.54. The Balaban J connectivity index is 1.92. The minimum absolute atomic E-state index is 0.0850. The van der Waals surface area contributed by atoms with Crippen LogP contribution in [0.25, 0.3) is 5.52 Å². The SMILES string of the molecule is CNC(=O)CC(C)(C)c1c(NC(=O)Cc2ccc(F)cc2)nn2cnccc12. The topological polar surface area (TPSA) is 88.4 Å². The first kappa shape index (κ1) is 19.5. The van der Waals surface area contributed by atoms with E-state index in [2.05, 4.69) is 20.7 Å². The highest BCUT2D eigenvalue weighted by molar-refractivity contribution is 5.93. The van der Waals surface area contributed by atoms with E-state index < -0.39 is 5.41 Å². The van der Waals surface area contributed by atoms with Crippen LogP contribution in [0.15, 0.2) is 42.9 Å². The molecule has 0 spiro atoms. The Bertz CT molecular complexity index is 1010. The Hall–Kier alpha value is -3.29. The fourth-order valence-electron chi connectivity index (χ4n) is 3.21. The Labute approximate surface area is 162 Å². The summed E-state index contributed by atoms with van der Waals surface area (Å²) in [6.45, 7) is 3.85. The second-order valence-electron chi connectivity index (χ2n) is 7.22. The summed E-state index contributed by atoms with van der Waals surface area (Å²) in [4.78, 5) is 28.6. The van der Waals surface area contributed by atoms with Gasteiger partial charge in [-0.25, -0.2) is 13.9 Å². The number of carbonyl (C=O) groups is 2. The van der Waals surface area contributed by atoms with Gasteiger partial charge in [-0.05, 0) is 23.8 Å². The number of amides is 2. The maximum absolute atomic E-state index is 13.1. The average Bonchev–Trinajstić information content (AvgIpc) is 3.01. The number of benzene rings is 1. The molecular weight excluding hydrogens is 361 g/mol. The second-order valence-corrected chi connectivity index (χ2v) is 7.22. The summed E-state index contributed by atoms with van der Waals surface area (Å²) in [5, 5.41) is 9.91. The molecule has 2 aromatic heterocycles. The molecule has 0 unspecified atom stereocenters. The summed E-state index contributed by atoms with van der Waals surface area (Å²) in [6, 6.07) is 7.57. The van der Waals surface area contributed by atoms with E-state index in [0.717, 1.165) is 11.1 Å². The first-order chi connectivity index (χ1) is 13.3. The van der Waals surface area contributed by atoms with Crippen molar-refractivity contribution in [2.24, 2.45) is 0 Å².